The predicted molar refractivity (Wildman–Crippen MR) is 109 cm³/mol. The number of amides is 1. The maximum absolute atomic E-state index is 12.9. The van der Waals surface area contributed by atoms with Crippen LogP contribution in [0.1, 0.15) is 22.8 Å². The van der Waals surface area contributed by atoms with E-state index in [2.05, 4.69) is 5.32 Å². The molecule has 2 aromatic carbocycles. The number of sulfonamides is 1. The van der Waals surface area contributed by atoms with Crippen molar-refractivity contribution in [2.24, 2.45) is 0 Å². The van der Waals surface area contributed by atoms with Gasteiger partial charge in [0.1, 0.15) is 11.9 Å². The Bertz CT molecular complexity index is 1050. The average molecular weight is 420 g/mol. The van der Waals surface area contributed by atoms with Gasteiger partial charge in [0.2, 0.25) is 10.0 Å². The number of carbonyl (C=O) groups excluding carboxylic acids is 1. The summed E-state index contributed by atoms with van der Waals surface area (Å²) in [4.78, 5) is 13.0. The highest BCUT2D eigenvalue weighted by Crippen LogP contribution is 2.39. The van der Waals surface area contributed by atoms with Crippen LogP contribution in [-0.4, -0.2) is 53.0 Å². The van der Waals surface area contributed by atoms with Crippen LogP contribution in [0.15, 0.2) is 35.2 Å². The number of ether oxygens (including phenoxy) is 3. The fraction of sp³-hybridized carbons (Fsp3) is 0.350. The normalized spacial score (nSPS) is 15.6. The van der Waals surface area contributed by atoms with Crippen LogP contribution in [-0.2, 0) is 16.4 Å². The summed E-state index contributed by atoms with van der Waals surface area (Å²) in [6, 6.07) is 7.66. The highest BCUT2D eigenvalue weighted by Gasteiger charge is 2.26. The van der Waals surface area contributed by atoms with Gasteiger partial charge in [-0.3, -0.25) is 4.79 Å². The van der Waals surface area contributed by atoms with E-state index in [-0.39, 0.29) is 16.7 Å². The van der Waals surface area contributed by atoms with Crippen molar-refractivity contribution in [1.29, 1.82) is 0 Å². The Labute approximate surface area is 170 Å². The van der Waals surface area contributed by atoms with Gasteiger partial charge in [0.25, 0.3) is 5.91 Å². The van der Waals surface area contributed by atoms with Gasteiger partial charge >= 0.3 is 0 Å². The van der Waals surface area contributed by atoms with Gasteiger partial charge in [-0.05, 0) is 37.3 Å². The smallest absolute Gasteiger partial charge is 0.255 e. The van der Waals surface area contributed by atoms with E-state index in [4.69, 9.17) is 14.2 Å². The molecule has 0 aromatic heterocycles. The van der Waals surface area contributed by atoms with Crippen LogP contribution in [0.25, 0.3) is 0 Å². The Kier molecular flexibility index (Phi) is 5.72. The van der Waals surface area contributed by atoms with E-state index in [1.165, 1.54) is 46.5 Å². The zero-order chi connectivity index (χ0) is 21.3. The van der Waals surface area contributed by atoms with Gasteiger partial charge in [0, 0.05) is 31.6 Å². The van der Waals surface area contributed by atoms with Crippen molar-refractivity contribution in [2.45, 2.75) is 24.3 Å². The molecule has 0 aliphatic carbocycles. The zero-order valence-corrected chi connectivity index (χ0v) is 17.8. The summed E-state index contributed by atoms with van der Waals surface area (Å²) in [5, 5.41) is 2.74. The van der Waals surface area contributed by atoms with Crippen LogP contribution in [0, 0.1) is 0 Å². The van der Waals surface area contributed by atoms with Crippen LogP contribution in [0.5, 0.6) is 17.2 Å². The first-order valence-electron chi connectivity index (χ1n) is 8.97. The third kappa shape index (κ3) is 4.01. The minimum atomic E-state index is -3.66. The van der Waals surface area contributed by atoms with E-state index in [1.54, 1.807) is 12.1 Å². The molecule has 3 rings (SSSR count). The Hall–Kier alpha value is -2.78. The number of methoxy groups -OCH3 is 2. The van der Waals surface area contributed by atoms with Crippen molar-refractivity contribution >= 4 is 21.6 Å². The fourth-order valence-electron chi connectivity index (χ4n) is 3.13. The van der Waals surface area contributed by atoms with E-state index in [0.29, 0.717) is 29.2 Å². The lowest BCUT2D eigenvalue weighted by Crippen LogP contribution is -2.22. The van der Waals surface area contributed by atoms with Crippen molar-refractivity contribution < 1.29 is 27.4 Å². The summed E-state index contributed by atoms with van der Waals surface area (Å²) >= 11 is 0. The molecule has 1 N–H and O–H groups in total. The van der Waals surface area contributed by atoms with Crippen LogP contribution >= 0.6 is 0 Å². The third-order valence-electron chi connectivity index (χ3n) is 4.64. The molecule has 1 aliphatic heterocycles. The Balaban J connectivity index is 1.96. The molecule has 1 atom stereocenters. The minimum absolute atomic E-state index is 0.00484. The molecule has 0 saturated heterocycles. The predicted octanol–water partition coefficient (Wildman–Crippen LogP) is 2.53. The first-order valence-corrected chi connectivity index (χ1v) is 10.4. The first kappa shape index (κ1) is 20.9. The molecule has 9 heteroatoms. The molecule has 156 valence electrons. The number of nitrogens with zero attached hydrogens (tertiary/aromatic N) is 1. The van der Waals surface area contributed by atoms with Crippen molar-refractivity contribution in [3.05, 3.63) is 41.5 Å². The van der Waals surface area contributed by atoms with Crippen LogP contribution in [0.4, 0.5) is 5.69 Å². The number of benzene rings is 2. The van der Waals surface area contributed by atoms with Crippen molar-refractivity contribution in [3.63, 3.8) is 0 Å². The lowest BCUT2D eigenvalue weighted by atomic mass is 10.1. The number of hydrogen-bond acceptors (Lipinski definition) is 6. The molecule has 0 radical (unpaired) electrons. The van der Waals surface area contributed by atoms with E-state index in [0.717, 1.165) is 9.87 Å². The molecule has 0 bridgehead atoms. The van der Waals surface area contributed by atoms with Gasteiger partial charge in [-0.25, -0.2) is 12.7 Å². The summed E-state index contributed by atoms with van der Waals surface area (Å²) in [6.07, 6.45) is 0.678. The average Bonchev–Trinajstić information content (AvgIpc) is 3.06. The third-order valence-corrected chi connectivity index (χ3v) is 6.45. The van der Waals surface area contributed by atoms with Crippen molar-refractivity contribution in [1.82, 2.24) is 4.31 Å². The van der Waals surface area contributed by atoms with E-state index in [1.807, 2.05) is 6.92 Å². The largest absolute Gasteiger partial charge is 0.495 e. The molecule has 29 heavy (non-hydrogen) atoms. The SMILES string of the molecule is COc1ccc(S(=O)(=O)N(C)C)cc1NC(=O)c1cc2c(c(OC)c1)OC(C)C2. The monoisotopic (exact) mass is 420 g/mol. The Morgan fingerprint density at radius 1 is 1.14 bits per heavy atom. The summed E-state index contributed by atoms with van der Waals surface area (Å²) < 4.78 is 42.3. The molecular formula is C20H24N2O6S. The fourth-order valence-corrected chi connectivity index (χ4v) is 4.06. The Morgan fingerprint density at radius 2 is 1.83 bits per heavy atom. The maximum atomic E-state index is 12.9. The number of rotatable bonds is 6. The molecule has 0 fully saturated rings. The van der Waals surface area contributed by atoms with Gasteiger partial charge in [0.05, 0.1) is 24.8 Å². The molecule has 1 unspecified atom stereocenters. The standard InChI is InChI=1S/C20H24N2O6S/c1-12-8-13-9-14(10-18(27-5)19(13)28-12)20(23)21-16-11-15(6-7-17(16)26-4)29(24,25)22(2)3/h6-7,9-12H,8H2,1-5H3,(H,21,23). The second-order valence-corrected chi connectivity index (χ2v) is 9.05. The topological polar surface area (TPSA) is 94.2 Å². The van der Waals surface area contributed by atoms with Gasteiger partial charge in [-0.15, -0.1) is 0 Å². The van der Waals surface area contributed by atoms with E-state index < -0.39 is 15.9 Å². The highest BCUT2D eigenvalue weighted by molar-refractivity contribution is 7.89. The van der Waals surface area contributed by atoms with Crippen LogP contribution in [0.2, 0.25) is 0 Å². The second-order valence-electron chi connectivity index (χ2n) is 6.90. The summed E-state index contributed by atoms with van der Waals surface area (Å²) in [5.41, 5.74) is 1.52. The number of fused-ring (bicyclic) bond motifs is 1. The van der Waals surface area contributed by atoms with Crippen LogP contribution < -0.4 is 19.5 Å². The molecule has 8 nitrogen and oxygen atoms in total. The van der Waals surface area contributed by atoms with Crippen LogP contribution in [0.3, 0.4) is 0 Å². The maximum Gasteiger partial charge on any atom is 0.255 e. The highest BCUT2D eigenvalue weighted by atomic mass is 32.2. The summed E-state index contributed by atoms with van der Waals surface area (Å²) in [6.45, 7) is 1.95. The summed E-state index contributed by atoms with van der Waals surface area (Å²) in [7, 11) is 2.19. The molecule has 1 amide bonds. The van der Waals surface area contributed by atoms with E-state index in [9.17, 15) is 13.2 Å². The first-order chi connectivity index (χ1) is 13.7. The van der Waals surface area contributed by atoms with E-state index >= 15 is 0 Å². The lowest BCUT2D eigenvalue weighted by Gasteiger charge is -2.15. The van der Waals surface area contributed by atoms with Crippen molar-refractivity contribution in [2.75, 3.05) is 33.6 Å². The molecular weight excluding hydrogens is 396 g/mol. The van der Waals surface area contributed by atoms with Gasteiger partial charge in [0.15, 0.2) is 11.5 Å². The molecule has 1 heterocycles. The number of nitrogens with one attached hydrogen (secondary N) is 1. The molecule has 0 saturated carbocycles. The molecule has 2 aromatic rings. The minimum Gasteiger partial charge on any atom is -0.495 e. The zero-order valence-electron chi connectivity index (χ0n) is 17.0. The van der Waals surface area contributed by atoms with Gasteiger partial charge in [-0.1, -0.05) is 0 Å². The van der Waals surface area contributed by atoms with Gasteiger partial charge < -0.3 is 19.5 Å². The van der Waals surface area contributed by atoms with Gasteiger partial charge in [-0.2, -0.15) is 0 Å². The Morgan fingerprint density at radius 3 is 2.45 bits per heavy atom. The molecule has 1 aliphatic rings. The number of hydrogen-bond donors (Lipinski definition) is 1. The summed E-state index contributed by atoms with van der Waals surface area (Å²) in [5.74, 6) is 1.06. The van der Waals surface area contributed by atoms with Crippen molar-refractivity contribution in [3.8, 4) is 17.2 Å². The molecule has 0 spiro atoms. The lowest BCUT2D eigenvalue weighted by molar-refractivity contribution is 0.102. The quantitative estimate of drug-likeness (QED) is 0.772. The second kappa shape index (κ2) is 7.92. The number of anilines is 1. The number of carbonyl (C=O) groups is 1.